The number of nitrogens with one attached hydrogen (secondary N) is 1. The minimum absolute atomic E-state index is 0.300. The smallest absolute Gasteiger partial charge is 0.223 e. The Hall–Kier alpha value is -0.570. The van der Waals surface area contributed by atoms with Crippen molar-refractivity contribution in [2.24, 2.45) is 17.8 Å². The van der Waals surface area contributed by atoms with Crippen molar-refractivity contribution in [3.8, 4) is 0 Å². The number of hydrogen-bond acceptors (Lipinski definition) is 2. The van der Waals surface area contributed by atoms with E-state index in [9.17, 15) is 4.79 Å². The van der Waals surface area contributed by atoms with Gasteiger partial charge in [0.05, 0.1) is 0 Å². The van der Waals surface area contributed by atoms with Crippen molar-refractivity contribution >= 4 is 5.91 Å². The predicted octanol–water partition coefficient (Wildman–Crippen LogP) is 1.88. The van der Waals surface area contributed by atoms with Gasteiger partial charge in [0, 0.05) is 26.6 Å². The molecule has 2 saturated carbocycles. The van der Waals surface area contributed by atoms with Gasteiger partial charge in [-0.1, -0.05) is 13.3 Å². The number of nitrogens with zero attached hydrogens (tertiary/aromatic N) is 1. The number of amides is 1. The average molecular weight is 238 g/mol. The molecule has 3 heteroatoms. The largest absolute Gasteiger partial charge is 0.345 e. The Bertz CT molecular complexity index is 267. The zero-order valence-electron chi connectivity index (χ0n) is 11.2. The molecule has 0 radical (unpaired) electrons. The van der Waals surface area contributed by atoms with Gasteiger partial charge in [0.2, 0.25) is 5.91 Å². The number of carbonyl (C=O) groups excluding carboxylic acids is 1. The van der Waals surface area contributed by atoms with Crippen LogP contribution < -0.4 is 5.32 Å². The molecule has 0 spiro atoms. The highest BCUT2D eigenvalue weighted by Gasteiger charge is 2.39. The summed E-state index contributed by atoms with van der Waals surface area (Å²) in [5, 5.41) is 3.21. The van der Waals surface area contributed by atoms with Crippen molar-refractivity contribution in [2.45, 2.75) is 39.0 Å². The minimum Gasteiger partial charge on any atom is -0.345 e. The molecule has 0 aliphatic heterocycles. The van der Waals surface area contributed by atoms with Crippen LogP contribution in [0.4, 0.5) is 0 Å². The highest BCUT2D eigenvalue weighted by atomic mass is 16.2. The summed E-state index contributed by atoms with van der Waals surface area (Å²) in [6.45, 7) is 4.83. The van der Waals surface area contributed by atoms with Gasteiger partial charge in [-0.2, -0.15) is 0 Å². The van der Waals surface area contributed by atoms with Crippen molar-refractivity contribution in [1.82, 2.24) is 10.2 Å². The van der Waals surface area contributed by atoms with Crippen LogP contribution >= 0.6 is 0 Å². The van der Waals surface area contributed by atoms with Crippen LogP contribution in [0.3, 0.4) is 0 Å². The molecule has 17 heavy (non-hydrogen) atoms. The SMILES string of the molecule is CCNCCC(=O)N(C)CC1CC2CCC1C2. The second-order valence-corrected chi connectivity index (χ2v) is 5.81. The Morgan fingerprint density at radius 1 is 1.35 bits per heavy atom. The molecule has 0 saturated heterocycles. The summed E-state index contributed by atoms with van der Waals surface area (Å²) in [7, 11) is 1.97. The molecule has 2 aliphatic rings. The molecule has 2 fully saturated rings. The van der Waals surface area contributed by atoms with Gasteiger partial charge in [0.1, 0.15) is 0 Å². The Labute approximate surface area is 105 Å². The highest BCUT2D eigenvalue weighted by Crippen LogP contribution is 2.48. The molecule has 2 bridgehead atoms. The highest BCUT2D eigenvalue weighted by molar-refractivity contribution is 5.76. The van der Waals surface area contributed by atoms with E-state index in [2.05, 4.69) is 12.2 Å². The molecule has 0 aromatic heterocycles. The van der Waals surface area contributed by atoms with E-state index in [1.165, 1.54) is 25.7 Å². The normalized spacial score (nSPS) is 30.8. The molecule has 0 heterocycles. The number of fused-ring (bicyclic) bond motifs is 2. The van der Waals surface area contributed by atoms with Gasteiger partial charge in [-0.05, 0) is 43.6 Å². The maximum absolute atomic E-state index is 11.9. The van der Waals surface area contributed by atoms with E-state index in [-0.39, 0.29) is 0 Å². The second-order valence-electron chi connectivity index (χ2n) is 5.81. The lowest BCUT2D eigenvalue weighted by atomic mass is 9.88. The first-order valence-electron chi connectivity index (χ1n) is 7.15. The van der Waals surface area contributed by atoms with Crippen LogP contribution in [-0.4, -0.2) is 37.5 Å². The van der Waals surface area contributed by atoms with Crippen LogP contribution in [0.15, 0.2) is 0 Å². The summed E-state index contributed by atoms with van der Waals surface area (Å²) in [4.78, 5) is 13.9. The summed E-state index contributed by atoms with van der Waals surface area (Å²) < 4.78 is 0. The van der Waals surface area contributed by atoms with Crippen LogP contribution in [0.25, 0.3) is 0 Å². The van der Waals surface area contributed by atoms with Gasteiger partial charge in [0.15, 0.2) is 0 Å². The van der Waals surface area contributed by atoms with Gasteiger partial charge >= 0.3 is 0 Å². The first kappa shape index (κ1) is 12.9. The standard InChI is InChI=1S/C14H26N2O/c1-3-15-7-6-14(17)16(2)10-13-9-11-4-5-12(13)8-11/h11-13,15H,3-10H2,1-2H3. The first-order chi connectivity index (χ1) is 8.20. The zero-order valence-corrected chi connectivity index (χ0v) is 11.2. The van der Waals surface area contributed by atoms with Gasteiger partial charge in [-0.3, -0.25) is 4.79 Å². The van der Waals surface area contributed by atoms with E-state index in [0.29, 0.717) is 12.3 Å². The quantitative estimate of drug-likeness (QED) is 0.717. The molecule has 0 aromatic carbocycles. The molecule has 3 atom stereocenters. The molecule has 3 unspecified atom stereocenters. The molecule has 2 aliphatic carbocycles. The maximum Gasteiger partial charge on any atom is 0.223 e. The summed E-state index contributed by atoms with van der Waals surface area (Å²) >= 11 is 0. The van der Waals surface area contributed by atoms with Crippen molar-refractivity contribution in [3.63, 3.8) is 0 Å². The maximum atomic E-state index is 11.9. The molecule has 1 amide bonds. The fourth-order valence-corrected chi connectivity index (χ4v) is 3.62. The van der Waals surface area contributed by atoms with Gasteiger partial charge in [-0.15, -0.1) is 0 Å². The minimum atomic E-state index is 0.300. The van der Waals surface area contributed by atoms with Crippen LogP contribution in [0.5, 0.6) is 0 Å². The third-order valence-electron chi connectivity index (χ3n) is 4.58. The van der Waals surface area contributed by atoms with E-state index in [1.54, 1.807) is 0 Å². The molecule has 0 aromatic rings. The fourth-order valence-electron chi connectivity index (χ4n) is 3.62. The van der Waals surface area contributed by atoms with Crippen LogP contribution in [0, 0.1) is 17.8 Å². The van der Waals surface area contributed by atoms with E-state index in [4.69, 9.17) is 0 Å². The number of hydrogen-bond donors (Lipinski definition) is 1. The first-order valence-corrected chi connectivity index (χ1v) is 7.15. The summed E-state index contributed by atoms with van der Waals surface area (Å²) in [6, 6.07) is 0. The Balaban J connectivity index is 1.69. The second kappa shape index (κ2) is 5.85. The van der Waals surface area contributed by atoms with E-state index in [0.717, 1.165) is 37.4 Å². The Morgan fingerprint density at radius 3 is 2.76 bits per heavy atom. The topological polar surface area (TPSA) is 32.3 Å². The lowest BCUT2D eigenvalue weighted by molar-refractivity contribution is -0.130. The molecular formula is C14H26N2O. The lowest BCUT2D eigenvalue weighted by Gasteiger charge is -2.27. The van der Waals surface area contributed by atoms with Crippen LogP contribution in [0.1, 0.15) is 39.0 Å². The lowest BCUT2D eigenvalue weighted by Crippen LogP contribution is -2.35. The van der Waals surface area contributed by atoms with E-state index >= 15 is 0 Å². The van der Waals surface area contributed by atoms with Crippen molar-refractivity contribution < 1.29 is 4.79 Å². The predicted molar refractivity (Wildman–Crippen MR) is 69.7 cm³/mol. The number of carbonyl (C=O) groups is 1. The zero-order chi connectivity index (χ0) is 12.3. The summed E-state index contributed by atoms with van der Waals surface area (Å²) in [5.41, 5.74) is 0. The fraction of sp³-hybridized carbons (Fsp3) is 0.929. The summed E-state index contributed by atoms with van der Waals surface area (Å²) in [5.74, 6) is 3.00. The Morgan fingerprint density at radius 2 is 2.18 bits per heavy atom. The van der Waals surface area contributed by atoms with E-state index < -0.39 is 0 Å². The molecule has 1 N–H and O–H groups in total. The van der Waals surface area contributed by atoms with Gasteiger partial charge in [-0.25, -0.2) is 0 Å². The number of rotatable bonds is 6. The van der Waals surface area contributed by atoms with Crippen LogP contribution in [-0.2, 0) is 4.79 Å². The third kappa shape index (κ3) is 3.21. The Kier molecular flexibility index (Phi) is 4.43. The van der Waals surface area contributed by atoms with Crippen LogP contribution in [0.2, 0.25) is 0 Å². The molecule has 98 valence electrons. The summed E-state index contributed by atoms with van der Waals surface area (Å²) in [6.07, 6.45) is 6.30. The van der Waals surface area contributed by atoms with Crippen molar-refractivity contribution in [1.29, 1.82) is 0 Å². The van der Waals surface area contributed by atoms with Crippen molar-refractivity contribution in [3.05, 3.63) is 0 Å². The van der Waals surface area contributed by atoms with E-state index in [1.807, 2.05) is 11.9 Å². The average Bonchev–Trinajstić information content (AvgIpc) is 2.91. The van der Waals surface area contributed by atoms with Gasteiger partial charge < -0.3 is 10.2 Å². The van der Waals surface area contributed by atoms with Gasteiger partial charge in [0.25, 0.3) is 0 Å². The molecule has 3 nitrogen and oxygen atoms in total. The monoisotopic (exact) mass is 238 g/mol. The molecular weight excluding hydrogens is 212 g/mol. The van der Waals surface area contributed by atoms with Crippen molar-refractivity contribution in [2.75, 3.05) is 26.7 Å². The molecule has 2 rings (SSSR count). The third-order valence-corrected chi connectivity index (χ3v) is 4.58.